The van der Waals surface area contributed by atoms with Crippen molar-refractivity contribution < 1.29 is 9.47 Å². The molecule has 1 heterocycles. The Morgan fingerprint density at radius 3 is 2.78 bits per heavy atom. The Balaban J connectivity index is 2.55. The Morgan fingerprint density at radius 2 is 2.17 bits per heavy atom. The fourth-order valence-corrected chi connectivity index (χ4v) is 2.35. The quantitative estimate of drug-likeness (QED) is 0.782. The number of hydrogen-bond acceptors (Lipinski definition) is 3. The van der Waals surface area contributed by atoms with Gasteiger partial charge in [0, 0.05) is 13.2 Å². The van der Waals surface area contributed by atoms with E-state index in [2.05, 4.69) is 16.5 Å². The Labute approximate surface area is 111 Å². The van der Waals surface area contributed by atoms with E-state index in [-0.39, 0.29) is 6.04 Å². The lowest BCUT2D eigenvalue weighted by Crippen LogP contribution is -2.13. The molecule has 0 aliphatic rings. The maximum absolute atomic E-state index is 5.97. The first-order chi connectivity index (χ1) is 8.71. The van der Waals surface area contributed by atoms with E-state index in [0.29, 0.717) is 12.5 Å². The van der Waals surface area contributed by atoms with Crippen LogP contribution in [0.5, 0.6) is 5.75 Å². The molecule has 0 amide bonds. The number of fused-ring (bicyclic) bond motifs is 1. The third kappa shape index (κ3) is 2.31. The minimum atomic E-state index is 0.196. The van der Waals surface area contributed by atoms with E-state index in [4.69, 9.17) is 21.1 Å². The molecule has 0 fully saturated rings. The molecule has 0 aliphatic heterocycles. The molecular weight excluding hydrogens is 252 g/mol. The van der Waals surface area contributed by atoms with E-state index in [0.717, 1.165) is 22.6 Å². The van der Waals surface area contributed by atoms with Gasteiger partial charge in [0.2, 0.25) is 0 Å². The van der Waals surface area contributed by atoms with E-state index in [1.807, 2.05) is 18.2 Å². The summed E-state index contributed by atoms with van der Waals surface area (Å²) >= 11 is 5.97. The highest BCUT2D eigenvalue weighted by Gasteiger charge is 2.15. The number of hydrogen-bond donors (Lipinski definition) is 0. The van der Waals surface area contributed by atoms with Gasteiger partial charge in [-0.1, -0.05) is 0 Å². The van der Waals surface area contributed by atoms with Crippen LogP contribution in [0.25, 0.3) is 11.0 Å². The first kappa shape index (κ1) is 13.2. The predicted molar refractivity (Wildman–Crippen MR) is 72.4 cm³/mol. The van der Waals surface area contributed by atoms with Gasteiger partial charge in [0.25, 0.3) is 0 Å². The van der Waals surface area contributed by atoms with Crippen molar-refractivity contribution in [3.05, 3.63) is 24.0 Å². The van der Waals surface area contributed by atoms with Gasteiger partial charge in [-0.2, -0.15) is 0 Å². The molecule has 0 saturated heterocycles. The molecule has 5 heteroatoms. The molecule has 0 spiro atoms. The van der Waals surface area contributed by atoms with Crippen molar-refractivity contribution >= 4 is 22.6 Å². The molecule has 1 unspecified atom stereocenters. The number of imidazole rings is 1. The van der Waals surface area contributed by atoms with Crippen LogP contribution >= 0.6 is 11.6 Å². The normalized spacial score (nSPS) is 12.9. The van der Waals surface area contributed by atoms with Gasteiger partial charge in [0.1, 0.15) is 11.6 Å². The molecule has 2 rings (SSSR count). The molecule has 0 bridgehead atoms. The topological polar surface area (TPSA) is 36.3 Å². The number of halogens is 1. The fraction of sp³-hybridized carbons (Fsp3) is 0.462. The van der Waals surface area contributed by atoms with Crippen molar-refractivity contribution in [2.24, 2.45) is 0 Å². The molecule has 18 heavy (non-hydrogen) atoms. The van der Waals surface area contributed by atoms with Gasteiger partial charge >= 0.3 is 0 Å². The van der Waals surface area contributed by atoms with Gasteiger partial charge < -0.3 is 14.0 Å². The van der Waals surface area contributed by atoms with Crippen LogP contribution in [0.15, 0.2) is 18.2 Å². The smallest absolute Gasteiger partial charge is 0.125 e. The van der Waals surface area contributed by atoms with Crippen LogP contribution in [0.3, 0.4) is 0 Å². The van der Waals surface area contributed by atoms with Gasteiger partial charge in [0.15, 0.2) is 0 Å². The average Bonchev–Trinajstić information content (AvgIpc) is 2.76. The number of aromatic nitrogens is 2. The van der Waals surface area contributed by atoms with Gasteiger partial charge in [0.05, 0.1) is 36.7 Å². The number of rotatable bonds is 5. The van der Waals surface area contributed by atoms with Crippen LogP contribution in [0, 0.1) is 0 Å². The molecule has 1 aromatic heterocycles. The van der Waals surface area contributed by atoms with E-state index in [1.54, 1.807) is 14.2 Å². The first-order valence-electron chi connectivity index (χ1n) is 5.81. The molecule has 1 aromatic carbocycles. The largest absolute Gasteiger partial charge is 0.497 e. The number of benzene rings is 1. The van der Waals surface area contributed by atoms with Crippen LogP contribution in [0.2, 0.25) is 0 Å². The van der Waals surface area contributed by atoms with E-state index < -0.39 is 0 Å². The van der Waals surface area contributed by atoms with Crippen LogP contribution in [0.1, 0.15) is 18.8 Å². The van der Waals surface area contributed by atoms with E-state index >= 15 is 0 Å². The Kier molecular flexibility index (Phi) is 4.09. The van der Waals surface area contributed by atoms with Crippen molar-refractivity contribution in [3.8, 4) is 5.75 Å². The SMILES string of the molecule is COCC(C)n1c(CCl)nc2cc(OC)ccc21. The molecule has 0 N–H and O–H groups in total. The molecule has 98 valence electrons. The summed E-state index contributed by atoms with van der Waals surface area (Å²) in [4.78, 5) is 4.54. The molecule has 1 atom stereocenters. The zero-order chi connectivity index (χ0) is 13.1. The Morgan fingerprint density at radius 1 is 1.39 bits per heavy atom. The second kappa shape index (κ2) is 5.59. The highest BCUT2D eigenvalue weighted by molar-refractivity contribution is 6.16. The number of ether oxygens (including phenoxy) is 2. The predicted octanol–water partition coefficient (Wildman–Crippen LogP) is 2.99. The second-order valence-electron chi connectivity index (χ2n) is 4.19. The van der Waals surface area contributed by atoms with Crippen molar-refractivity contribution in [3.63, 3.8) is 0 Å². The summed E-state index contributed by atoms with van der Waals surface area (Å²) in [6.07, 6.45) is 0. The molecule has 0 radical (unpaired) electrons. The number of alkyl halides is 1. The van der Waals surface area contributed by atoms with Gasteiger partial charge in [-0.05, 0) is 19.1 Å². The second-order valence-corrected chi connectivity index (χ2v) is 4.46. The maximum Gasteiger partial charge on any atom is 0.125 e. The molecular formula is C13H17ClN2O2. The minimum Gasteiger partial charge on any atom is -0.497 e. The monoisotopic (exact) mass is 268 g/mol. The Hall–Kier alpha value is -1.26. The first-order valence-corrected chi connectivity index (χ1v) is 6.34. The average molecular weight is 269 g/mol. The van der Waals surface area contributed by atoms with Crippen molar-refractivity contribution in [2.75, 3.05) is 20.8 Å². The molecule has 0 aliphatic carbocycles. The third-order valence-electron chi connectivity index (χ3n) is 2.94. The number of methoxy groups -OCH3 is 2. The zero-order valence-electron chi connectivity index (χ0n) is 10.8. The minimum absolute atomic E-state index is 0.196. The van der Waals surface area contributed by atoms with Crippen LogP contribution in [0.4, 0.5) is 0 Å². The Bertz CT molecular complexity index is 539. The maximum atomic E-state index is 5.97. The van der Waals surface area contributed by atoms with Gasteiger partial charge in [-0.15, -0.1) is 11.6 Å². The van der Waals surface area contributed by atoms with Crippen molar-refractivity contribution in [1.82, 2.24) is 9.55 Å². The summed E-state index contributed by atoms with van der Waals surface area (Å²) in [5.41, 5.74) is 1.95. The zero-order valence-corrected chi connectivity index (χ0v) is 11.6. The van der Waals surface area contributed by atoms with Gasteiger partial charge in [-0.3, -0.25) is 0 Å². The highest BCUT2D eigenvalue weighted by Crippen LogP contribution is 2.25. The summed E-state index contributed by atoms with van der Waals surface area (Å²) < 4.78 is 12.5. The summed E-state index contributed by atoms with van der Waals surface area (Å²) in [7, 11) is 3.34. The summed E-state index contributed by atoms with van der Waals surface area (Å²) in [6.45, 7) is 2.71. The summed E-state index contributed by atoms with van der Waals surface area (Å²) in [5.74, 6) is 2.03. The van der Waals surface area contributed by atoms with Crippen LogP contribution < -0.4 is 4.74 Å². The number of nitrogens with zero attached hydrogens (tertiary/aromatic N) is 2. The molecule has 0 saturated carbocycles. The lowest BCUT2D eigenvalue weighted by atomic mass is 10.2. The lowest BCUT2D eigenvalue weighted by Gasteiger charge is -2.15. The summed E-state index contributed by atoms with van der Waals surface area (Å²) in [6, 6.07) is 6.05. The van der Waals surface area contributed by atoms with Crippen LogP contribution in [-0.4, -0.2) is 30.4 Å². The molecule has 2 aromatic rings. The lowest BCUT2D eigenvalue weighted by molar-refractivity contribution is 0.163. The van der Waals surface area contributed by atoms with Crippen molar-refractivity contribution in [1.29, 1.82) is 0 Å². The summed E-state index contributed by atoms with van der Waals surface area (Å²) in [5, 5.41) is 0. The third-order valence-corrected chi connectivity index (χ3v) is 3.18. The van der Waals surface area contributed by atoms with Crippen LogP contribution in [-0.2, 0) is 10.6 Å². The van der Waals surface area contributed by atoms with Gasteiger partial charge in [-0.25, -0.2) is 4.98 Å². The fourth-order valence-electron chi connectivity index (χ4n) is 2.16. The highest BCUT2D eigenvalue weighted by atomic mass is 35.5. The standard InChI is InChI=1S/C13H17ClN2O2/c1-9(8-17-2)16-12-5-4-10(18-3)6-11(12)15-13(16)7-14/h4-6,9H,7-8H2,1-3H3. The van der Waals surface area contributed by atoms with Crippen molar-refractivity contribution in [2.45, 2.75) is 18.8 Å². The van der Waals surface area contributed by atoms with E-state index in [9.17, 15) is 0 Å². The molecule has 4 nitrogen and oxygen atoms in total. The van der Waals surface area contributed by atoms with E-state index in [1.165, 1.54) is 0 Å².